The number of carbonyl (C=O) groups is 1. The molecule has 3 rings (SSSR count). The lowest BCUT2D eigenvalue weighted by atomic mass is 9.70. The van der Waals surface area contributed by atoms with Gasteiger partial charge in [0.1, 0.15) is 0 Å². The average molecular weight is 308 g/mol. The van der Waals surface area contributed by atoms with Crippen molar-refractivity contribution in [3.63, 3.8) is 0 Å². The summed E-state index contributed by atoms with van der Waals surface area (Å²) in [6.45, 7) is 7.63. The Hall–Kier alpha value is -0.610. The van der Waals surface area contributed by atoms with Gasteiger partial charge in [-0.15, -0.1) is 0 Å². The molecule has 3 aliphatic rings. The molecule has 4 heteroatoms. The number of rotatable bonds is 5. The molecule has 0 aromatic heterocycles. The maximum atomic E-state index is 11.7. The van der Waals surface area contributed by atoms with E-state index in [2.05, 4.69) is 10.2 Å². The van der Waals surface area contributed by atoms with Crippen LogP contribution in [0.15, 0.2) is 0 Å². The molecule has 0 radical (unpaired) electrons. The fourth-order valence-electron chi connectivity index (χ4n) is 4.98. The molecule has 0 aromatic rings. The molecule has 1 N–H and O–H groups in total. The van der Waals surface area contributed by atoms with Crippen LogP contribution in [0.5, 0.6) is 0 Å². The van der Waals surface area contributed by atoms with Gasteiger partial charge in [0.2, 0.25) is 0 Å². The number of esters is 1. The Labute approximate surface area is 135 Å². The Morgan fingerprint density at radius 1 is 1.27 bits per heavy atom. The van der Waals surface area contributed by atoms with Crippen molar-refractivity contribution in [2.75, 3.05) is 19.6 Å². The van der Waals surface area contributed by atoms with Gasteiger partial charge >= 0.3 is 5.97 Å². The minimum Gasteiger partial charge on any atom is -0.463 e. The van der Waals surface area contributed by atoms with Crippen LogP contribution in [-0.4, -0.2) is 48.7 Å². The van der Waals surface area contributed by atoms with Gasteiger partial charge in [0.25, 0.3) is 0 Å². The van der Waals surface area contributed by atoms with Crippen molar-refractivity contribution in [2.45, 2.75) is 77.0 Å². The molecule has 0 saturated carbocycles. The first-order valence-corrected chi connectivity index (χ1v) is 9.32. The normalized spacial score (nSPS) is 35.2. The van der Waals surface area contributed by atoms with E-state index < -0.39 is 0 Å². The number of piperidine rings is 3. The summed E-state index contributed by atoms with van der Waals surface area (Å²) < 4.78 is 5.24. The van der Waals surface area contributed by atoms with E-state index in [4.69, 9.17) is 4.74 Å². The number of nitrogens with zero attached hydrogens (tertiary/aromatic N) is 1. The predicted octanol–water partition coefficient (Wildman–Crippen LogP) is 2.57. The van der Waals surface area contributed by atoms with Crippen LogP contribution in [-0.2, 0) is 9.53 Å². The van der Waals surface area contributed by atoms with Crippen molar-refractivity contribution < 1.29 is 9.53 Å². The van der Waals surface area contributed by atoms with Gasteiger partial charge < -0.3 is 10.1 Å². The Kier molecular flexibility index (Phi) is 5.40. The fraction of sp³-hybridized carbons (Fsp3) is 0.944. The molecule has 3 saturated heterocycles. The first-order chi connectivity index (χ1) is 10.6. The maximum Gasteiger partial charge on any atom is 0.306 e. The standard InChI is InChI=1S/C18H32N2O2/c1-13(2)22-17(21)9-3-8-16-15-7-5-11-20-10-4-6-14(12-19-16)18(15)20/h13-16,18-19H,3-12H2,1-2H3/t14-,15-,16+,18+/m1/s1. The van der Waals surface area contributed by atoms with Gasteiger partial charge in [-0.05, 0) is 83.8 Å². The van der Waals surface area contributed by atoms with E-state index >= 15 is 0 Å². The van der Waals surface area contributed by atoms with Gasteiger partial charge in [-0.25, -0.2) is 0 Å². The average Bonchev–Trinajstić information content (AvgIpc) is 2.49. The highest BCUT2D eigenvalue weighted by Gasteiger charge is 2.45. The highest BCUT2D eigenvalue weighted by molar-refractivity contribution is 5.69. The maximum absolute atomic E-state index is 11.7. The van der Waals surface area contributed by atoms with Gasteiger partial charge in [-0.2, -0.15) is 0 Å². The summed E-state index contributed by atoms with van der Waals surface area (Å²) in [5, 5.41) is 3.81. The van der Waals surface area contributed by atoms with Gasteiger partial charge in [-0.1, -0.05) is 0 Å². The second kappa shape index (κ2) is 7.31. The van der Waals surface area contributed by atoms with Crippen LogP contribution < -0.4 is 5.32 Å². The molecule has 0 aliphatic carbocycles. The van der Waals surface area contributed by atoms with Crippen molar-refractivity contribution in [3.8, 4) is 0 Å². The van der Waals surface area contributed by atoms with Crippen molar-refractivity contribution in [1.82, 2.24) is 10.2 Å². The summed E-state index contributed by atoms with van der Waals surface area (Å²) in [6.07, 6.45) is 8.15. The van der Waals surface area contributed by atoms with Crippen molar-refractivity contribution in [1.29, 1.82) is 0 Å². The molecule has 0 unspecified atom stereocenters. The molecular weight excluding hydrogens is 276 g/mol. The molecule has 0 aromatic carbocycles. The van der Waals surface area contributed by atoms with Crippen molar-refractivity contribution >= 4 is 5.97 Å². The molecular formula is C18H32N2O2. The number of hydrogen-bond acceptors (Lipinski definition) is 4. The molecule has 3 fully saturated rings. The van der Waals surface area contributed by atoms with Crippen LogP contribution in [0.3, 0.4) is 0 Å². The summed E-state index contributed by atoms with van der Waals surface area (Å²) in [5.41, 5.74) is 0. The first kappa shape index (κ1) is 16.3. The number of ether oxygens (including phenoxy) is 1. The van der Waals surface area contributed by atoms with Crippen LogP contribution in [0.4, 0.5) is 0 Å². The smallest absolute Gasteiger partial charge is 0.306 e. The summed E-state index contributed by atoms with van der Waals surface area (Å²) >= 11 is 0. The largest absolute Gasteiger partial charge is 0.463 e. The minimum atomic E-state index is -0.0355. The van der Waals surface area contributed by atoms with E-state index in [9.17, 15) is 4.79 Å². The van der Waals surface area contributed by atoms with E-state index in [1.54, 1.807) is 0 Å². The quantitative estimate of drug-likeness (QED) is 0.793. The molecule has 0 amide bonds. The molecule has 0 bridgehead atoms. The molecule has 4 atom stereocenters. The third-order valence-corrected chi connectivity index (χ3v) is 5.77. The van der Waals surface area contributed by atoms with E-state index in [0.717, 1.165) is 30.7 Å². The monoisotopic (exact) mass is 308 g/mol. The van der Waals surface area contributed by atoms with Crippen LogP contribution >= 0.6 is 0 Å². The van der Waals surface area contributed by atoms with Gasteiger partial charge in [0, 0.05) is 18.5 Å². The lowest BCUT2D eigenvalue weighted by Gasteiger charge is -2.54. The molecule has 3 aliphatic heterocycles. The van der Waals surface area contributed by atoms with E-state index in [-0.39, 0.29) is 12.1 Å². The number of nitrogens with one attached hydrogen (secondary N) is 1. The Morgan fingerprint density at radius 3 is 2.82 bits per heavy atom. The zero-order chi connectivity index (χ0) is 15.5. The van der Waals surface area contributed by atoms with Crippen LogP contribution in [0.25, 0.3) is 0 Å². The van der Waals surface area contributed by atoms with E-state index in [1.807, 2.05) is 13.8 Å². The summed E-state index contributed by atoms with van der Waals surface area (Å²) in [6, 6.07) is 1.42. The topological polar surface area (TPSA) is 41.6 Å². The number of carbonyl (C=O) groups excluding carboxylic acids is 1. The van der Waals surface area contributed by atoms with Crippen molar-refractivity contribution in [3.05, 3.63) is 0 Å². The summed E-state index contributed by atoms with van der Waals surface area (Å²) in [5.74, 6) is 1.63. The highest BCUT2D eigenvalue weighted by Crippen LogP contribution is 2.39. The predicted molar refractivity (Wildman–Crippen MR) is 87.7 cm³/mol. The summed E-state index contributed by atoms with van der Waals surface area (Å²) in [4.78, 5) is 14.5. The van der Waals surface area contributed by atoms with Crippen LogP contribution in [0, 0.1) is 11.8 Å². The third-order valence-electron chi connectivity index (χ3n) is 5.77. The Bertz CT molecular complexity index is 377. The Balaban J connectivity index is 1.51. The van der Waals surface area contributed by atoms with Crippen LogP contribution in [0.2, 0.25) is 0 Å². The molecule has 4 nitrogen and oxygen atoms in total. The number of hydrogen-bond donors (Lipinski definition) is 1. The minimum absolute atomic E-state index is 0.00945. The lowest BCUT2D eigenvalue weighted by molar-refractivity contribution is -0.147. The molecule has 0 spiro atoms. The molecule has 22 heavy (non-hydrogen) atoms. The van der Waals surface area contributed by atoms with Gasteiger partial charge in [0.15, 0.2) is 0 Å². The van der Waals surface area contributed by atoms with Crippen LogP contribution in [0.1, 0.15) is 58.8 Å². The summed E-state index contributed by atoms with van der Waals surface area (Å²) in [7, 11) is 0. The second-order valence-corrected chi connectivity index (χ2v) is 7.68. The zero-order valence-corrected chi connectivity index (χ0v) is 14.2. The van der Waals surface area contributed by atoms with E-state index in [1.165, 1.54) is 45.3 Å². The third kappa shape index (κ3) is 3.65. The molecule has 126 valence electrons. The fourth-order valence-corrected chi connectivity index (χ4v) is 4.98. The first-order valence-electron chi connectivity index (χ1n) is 9.32. The van der Waals surface area contributed by atoms with Gasteiger partial charge in [-0.3, -0.25) is 9.69 Å². The zero-order valence-electron chi connectivity index (χ0n) is 14.2. The molecule has 3 heterocycles. The Morgan fingerprint density at radius 2 is 2.05 bits per heavy atom. The van der Waals surface area contributed by atoms with Gasteiger partial charge in [0.05, 0.1) is 6.10 Å². The highest BCUT2D eigenvalue weighted by atomic mass is 16.5. The van der Waals surface area contributed by atoms with Crippen molar-refractivity contribution in [2.24, 2.45) is 11.8 Å². The SMILES string of the molecule is CC(C)OC(=O)CCC[C@@H]1NC[C@H]2CCCN3CCC[C@H]1[C@H]23. The lowest BCUT2D eigenvalue weighted by Crippen LogP contribution is -2.63. The second-order valence-electron chi connectivity index (χ2n) is 7.68. The van der Waals surface area contributed by atoms with E-state index in [0.29, 0.717) is 12.5 Å².